The number of piperidine rings is 1. The van der Waals surface area contributed by atoms with Gasteiger partial charge >= 0.3 is 0 Å². The molecule has 0 spiro atoms. The van der Waals surface area contributed by atoms with Crippen molar-refractivity contribution in [3.63, 3.8) is 0 Å². The lowest BCUT2D eigenvalue weighted by molar-refractivity contribution is 0.145. The number of anilines is 2. The van der Waals surface area contributed by atoms with Gasteiger partial charge in [-0.2, -0.15) is 0 Å². The lowest BCUT2D eigenvalue weighted by Crippen LogP contribution is -2.36. The van der Waals surface area contributed by atoms with Gasteiger partial charge in [-0.15, -0.1) is 0 Å². The average molecular weight is 366 g/mol. The molecule has 27 heavy (non-hydrogen) atoms. The number of para-hydroxylation sites is 2. The summed E-state index contributed by atoms with van der Waals surface area (Å²) in [6.07, 6.45) is 2.75. The Kier molecular flexibility index (Phi) is 5.65. The van der Waals surface area contributed by atoms with Crippen LogP contribution in [0.15, 0.2) is 54.6 Å². The lowest BCUT2D eigenvalue weighted by Gasteiger charge is -2.33. The number of hydrogen-bond acceptors (Lipinski definition) is 4. The smallest absolute Gasteiger partial charge is 0.0602 e. The molecule has 2 aromatic carbocycles. The Morgan fingerprint density at radius 3 is 2.48 bits per heavy atom. The number of nitrogens with one attached hydrogen (secondary N) is 1. The van der Waals surface area contributed by atoms with E-state index in [0.29, 0.717) is 12.1 Å². The molecule has 2 heterocycles. The first kappa shape index (κ1) is 18.3. The number of benzene rings is 2. The zero-order valence-corrected chi connectivity index (χ0v) is 16.2. The summed E-state index contributed by atoms with van der Waals surface area (Å²) in [5.74, 6) is 0. The summed E-state index contributed by atoms with van der Waals surface area (Å²) >= 11 is 0. The fourth-order valence-electron chi connectivity index (χ4n) is 4.44. The Hall–Kier alpha value is -2.04. The largest absolute Gasteiger partial charge is 0.393 e. The zero-order valence-electron chi connectivity index (χ0n) is 16.2. The van der Waals surface area contributed by atoms with Gasteiger partial charge in [0.05, 0.1) is 17.5 Å². The third-order valence-electron chi connectivity index (χ3n) is 6.00. The maximum absolute atomic E-state index is 9.80. The molecule has 4 rings (SSSR count). The van der Waals surface area contributed by atoms with Crippen LogP contribution in [0.2, 0.25) is 0 Å². The molecule has 0 saturated carbocycles. The van der Waals surface area contributed by atoms with Gasteiger partial charge in [0, 0.05) is 38.3 Å². The normalized spacial score (nSPS) is 24.3. The van der Waals surface area contributed by atoms with Crippen molar-refractivity contribution in [2.75, 3.05) is 29.9 Å². The maximum atomic E-state index is 9.80. The molecule has 0 bridgehead atoms. The minimum atomic E-state index is -0.136. The molecule has 0 radical (unpaired) electrons. The van der Waals surface area contributed by atoms with E-state index in [0.717, 1.165) is 39.0 Å². The van der Waals surface area contributed by atoms with Crippen molar-refractivity contribution in [3.05, 3.63) is 60.2 Å². The second kappa shape index (κ2) is 8.32. The van der Waals surface area contributed by atoms with Crippen molar-refractivity contribution in [1.29, 1.82) is 0 Å². The number of likely N-dealkylation sites (tertiary alicyclic amines) is 1. The highest BCUT2D eigenvalue weighted by atomic mass is 16.3. The molecule has 2 N–H and O–H groups in total. The van der Waals surface area contributed by atoms with E-state index >= 15 is 0 Å². The van der Waals surface area contributed by atoms with E-state index < -0.39 is 0 Å². The fraction of sp³-hybridized carbons (Fsp3) is 0.478. The van der Waals surface area contributed by atoms with E-state index in [9.17, 15) is 5.11 Å². The van der Waals surface area contributed by atoms with Gasteiger partial charge in [0.25, 0.3) is 0 Å². The van der Waals surface area contributed by atoms with Crippen LogP contribution in [0.4, 0.5) is 11.4 Å². The topological polar surface area (TPSA) is 38.7 Å². The van der Waals surface area contributed by atoms with Crippen LogP contribution in [0.1, 0.15) is 31.7 Å². The number of nitrogens with zero attached hydrogens (tertiary/aromatic N) is 2. The van der Waals surface area contributed by atoms with Crippen molar-refractivity contribution in [1.82, 2.24) is 4.90 Å². The molecule has 144 valence electrons. The second-order valence-corrected chi connectivity index (χ2v) is 8.08. The first-order valence-electron chi connectivity index (χ1n) is 10.3. The molecule has 2 aliphatic rings. The Morgan fingerprint density at radius 1 is 1.00 bits per heavy atom. The molecule has 4 heteroatoms. The number of aliphatic hydroxyl groups excluding tert-OH is 1. The van der Waals surface area contributed by atoms with Crippen LogP contribution in [-0.2, 0) is 6.54 Å². The van der Waals surface area contributed by atoms with Crippen LogP contribution in [0.3, 0.4) is 0 Å². The van der Waals surface area contributed by atoms with E-state index in [1.807, 2.05) is 0 Å². The van der Waals surface area contributed by atoms with Crippen molar-refractivity contribution in [2.24, 2.45) is 0 Å². The summed E-state index contributed by atoms with van der Waals surface area (Å²) in [4.78, 5) is 4.99. The van der Waals surface area contributed by atoms with Crippen LogP contribution in [-0.4, -0.2) is 47.8 Å². The molecule has 2 saturated heterocycles. The highest BCUT2D eigenvalue weighted by molar-refractivity contribution is 5.70. The molecule has 0 aliphatic carbocycles. The minimum Gasteiger partial charge on any atom is -0.393 e. The highest BCUT2D eigenvalue weighted by Gasteiger charge is 2.29. The standard InChI is InChI=1S/C23H31N3O/c1-18-15-20(17-26(18)16-19-7-3-2-4-8-19)24-22-9-5-6-10-23(22)25-13-11-21(27)12-14-25/h2-10,18,20-21,24,27H,11-17H2,1H3/t18-,20+/m0/s1. The number of rotatable bonds is 5. The van der Waals surface area contributed by atoms with Crippen LogP contribution < -0.4 is 10.2 Å². The highest BCUT2D eigenvalue weighted by Crippen LogP contribution is 2.31. The quantitative estimate of drug-likeness (QED) is 0.847. The Balaban J connectivity index is 1.41. The van der Waals surface area contributed by atoms with Gasteiger partial charge in [-0.3, -0.25) is 4.90 Å². The Labute approximate surface area is 162 Å². The average Bonchev–Trinajstić information content (AvgIpc) is 3.03. The number of hydrogen-bond donors (Lipinski definition) is 2. The van der Waals surface area contributed by atoms with E-state index in [4.69, 9.17) is 0 Å². The first-order chi connectivity index (χ1) is 13.2. The molecular formula is C23H31N3O. The molecule has 2 fully saturated rings. The Bertz CT molecular complexity index is 727. The summed E-state index contributed by atoms with van der Waals surface area (Å²) in [5.41, 5.74) is 3.89. The maximum Gasteiger partial charge on any atom is 0.0602 e. The molecule has 4 nitrogen and oxygen atoms in total. The summed E-state index contributed by atoms with van der Waals surface area (Å²) in [7, 11) is 0. The summed E-state index contributed by atoms with van der Waals surface area (Å²) < 4.78 is 0. The zero-order chi connectivity index (χ0) is 18.6. The van der Waals surface area contributed by atoms with Gasteiger partial charge in [0.15, 0.2) is 0 Å². The molecular weight excluding hydrogens is 334 g/mol. The van der Waals surface area contributed by atoms with Gasteiger partial charge < -0.3 is 15.3 Å². The van der Waals surface area contributed by atoms with Crippen LogP contribution in [0.25, 0.3) is 0 Å². The van der Waals surface area contributed by atoms with Gasteiger partial charge in [-0.05, 0) is 43.9 Å². The van der Waals surface area contributed by atoms with E-state index in [2.05, 4.69) is 76.6 Å². The van der Waals surface area contributed by atoms with Crippen LogP contribution in [0, 0.1) is 0 Å². The van der Waals surface area contributed by atoms with Gasteiger partial charge in [-0.25, -0.2) is 0 Å². The fourth-order valence-corrected chi connectivity index (χ4v) is 4.44. The van der Waals surface area contributed by atoms with E-state index in [1.54, 1.807) is 0 Å². The second-order valence-electron chi connectivity index (χ2n) is 8.08. The molecule has 0 amide bonds. The van der Waals surface area contributed by atoms with Crippen molar-refractivity contribution < 1.29 is 5.11 Å². The Morgan fingerprint density at radius 2 is 1.70 bits per heavy atom. The SMILES string of the molecule is C[C@H]1C[C@@H](Nc2ccccc2N2CCC(O)CC2)CN1Cc1ccccc1. The van der Waals surface area contributed by atoms with Crippen molar-refractivity contribution >= 4 is 11.4 Å². The third kappa shape index (κ3) is 4.45. The molecule has 2 aliphatic heterocycles. The van der Waals surface area contributed by atoms with E-state index in [1.165, 1.54) is 23.4 Å². The van der Waals surface area contributed by atoms with Gasteiger partial charge in [0.2, 0.25) is 0 Å². The van der Waals surface area contributed by atoms with Gasteiger partial charge in [-0.1, -0.05) is 42.5 Å². The van der Waals surface area contributed by atoms with Gasteiger partial charge in [0.1, 0.15) is 0 Å². The van der Waals surface area contributed by atoms with E-state index in [-0.39, 0.29) is 6.10 Å². The van der Waals surface area contributed by atoms with Crippen LogP contribution in [0.5, 0.6) is 0 Å². The lowest BCUT2D eigenvalue weighted by atomic mass is 10.1. The van der Waals surface area contributed by atoms with Crippen molar-refractivity contribution in [2.45, 2.75) is 50.9 Å². The third-order valence-corrected chi connectivity index (χ3v) is 6.00. The summed E-state index contributed by atoms with van der Waals surface area (Å²) in [6, 6.07) is 20.5. The monoisotopic (exact) mass is 365 g/mol. The predicted octanol–water partition coefficient (Wildman–Crippen LogP) is 3.72. The molecule has 0 aromatic heterocycles. The predicted molar refractivity (Wildman–Crippen MR) is 112 cm³/mol. The molecule has 2 atom stereocenters. The number of aliphatic hydroxyl groups is 1. The summed E-state index contributed by atoms with van der Waals surface area (Å²) in [5, 5.41) is 13.6. The molecule has 2 aromatic rings. The van der Waals surface area contributed by atoms with Crippen molar-refractivity contribution in [3.8, 4) is 0 Å². The minimum absolute atomic E-state index is 0.136. The first-order valence-corrected chi connectivity index (χ1v) is 10.3. The van der Waals surface area contributed by atoms with Crippen LogP contribution >= 0.6 is 0 Å². The molecule has 0 unspecified atom stereocenters. The summed E-state index contributed by atoms with van der Waals surface area (Å²) in [6.45, 7) is 6.29.